The van der Waals surface area contributed by atoms with Crippen molar-refractivity contribution in [2.24, 2.45) is 0 Å². The zero-order valence-electron chi connectivity index (χ0n) is 13.0. The number of likely N-dealkylation sites (N-methyl/N-ethyl adjacent to an activating group) is 1. The van der Waals surface area contributed by atoms with E-state index in [-0.39, 0.29) is 33.5 Å². The summed E-state index contributed by atoms with van der Waals surface area (Å²) in [5.41, 5.74) is -0.185. The lowest BCUT2D eigenvalue weighted by atomic mass is 10.1. The van der Waals surface area contributed by atoms with E-state index in [0.717, 1.165) is 4.90 Å². The number of amides is 2. The summed E-state index contributed by atoms with van der Waals surface area (Å²) < 4.78 is 0. The Labute approximate surface area is 153 Å². The molecule has 0 aliphatic rings. The lowest BCUT2D eigenvalue weighted by Crippen LogP contribution is -2.35. The Bertz CT molecular complexity index is 822. The fourth-order valence-corrected chi connectivity index (χ4v) is 2.59. The molecule has 0 bridgehead atoms. The summed E-state index contributed by atoms with van der Waals surface area (Å²) in [5.74, 6) is -1.18. The molecule has 0 saturated carbocycles. The van der Waals surface area contributed by atoms with Crippen molar-refractivity contribution >= 4 is 46.4 Å². The van der Waals surface area contributed by atoms with Crippen LogP contribution in [0.15, 0.2) is 42.5 Å². The van der Waals surface area contributed by atoms with Crippen LogP contribution in [0.25, 0.3) is 0 Å². The fraction of sp³-hybridized carbons (Fsp3) is 0.125. The number of hydrogen-bond donors (Lipinski definition) is 1. The zero-order valence-corrected chi connectivity index (χ0v) is 14.5. The zero-order chi connectivity index (χ0) is 18.6. The van der Waals surface area contributed by atoms with E-state index in [0.29, 0.717) is 0 Å². The molecule has 25 heavy (non-hydrogen) atoms. The number of nitrogens with one attached hydrogen (secondary N) is 1. The maximum absolute atomic E-state index is 12.4. The highest BCUT2D eigenvalue weighted by Gasteiger charge is 2.23. The first-order valence-electron chi connectivity index (χ1n) is 7.04. The number of para-hydroxylation sites is 2. The number of anilines is 1. The van der Waals surface area contributed by atoms with Gasteiger partial charge in [0.25, 0.3) is 11.6 Å². The number of benzene rings is 2. The van der Waals surface area contributed by atoms with Gasteiger partial charge in [0.2, 0.25) is 5.91 Å². The van der Waals surface area contributed by atoms with E-state index in [2.05, 4.69) is 5.32 Å². The van der Waals surface area contributed by atoms with Crippen LogP contribution < -0.4 is 5.32 Å². The average Bonchev–Trinajstić information content (AvgIpc) is 2.57. The molecule has 0 spiro atoms. The second-order valence-corrected chi connectivity index (χ2v) is 5.89. The quantitative estimate of drug-likeness (QED) is 0.632. The molecule has 9 heteroatoms. The normalized spacial score (nSPS) is 10.2. The molecule has 0 unspecified atom stereocenters. The number of rotatable bonds is 5. The molecule has 0 radical (unpaired) electrons. The van der Waals surface area contributed by atoms with E-state index in [4.69, 9.17) is 23.2 Å². The molecule has 0 aliphatic heterocycles. The first-order valence-corrected chi connectivity index (χ1v) is 7.79. The van der Waals surface area contributed by atoms with Crippen LogP contribution in [-0.4, -0.2) is 35.2 Å². The standard InChI is InChI=1S/C16H13Cl2N3O4/c1-20(16(23)10-5-2-3-8-13(10)21(24)25)9-14(22)19-15-11(17)6-4-7-12(15)18/h2-8H,9H2,1H3,(H,19,22). The van der Waals surface area contributed by atoms with Gasteiger partial charge in [0.15, 0.2) is 0 Å². The van der Waals surface area contributed by atoms with Gasteiger partial charge < -0.3 is 10.2 Å². The van der Waals surface area contributed by atoms with Crippen molar-refractivity contribution in [2.75, 3.05) is 18.9 Å². The van der Waals surface area contributed by atoms with Crippen molar-refractivity contribution in [1.29, 1.82) is 0 Å². The first-order chi connectivity index (χ1) is 11.8. The van der Waals surface area contributed by atoms with Crippen LogP contribution in [0.5, 0.6) is 0 Å². The Morgan fingerprint density at radius 1 is 1.12 bits per heavy atom. The SMILES string of the molecule is CN(CC(=O)Nc1c(Cl)cccc1Cl)C(=O)c1ccccc1[N+](=O)[O-]. The minimum atomic E-state index is -0.648. The summed E-state index contributed by atoms with van der Waals surface area (Å²) in [4.78, 5) is 35.9. The van der Waals surface area contributed by atoms with E-state index in [1.807, 2.05) is 0 Å². The average molecular weight is 382 g/mol. The smallest absolute Gasteiger partial charge is 0.282 e. The largest absolute Gasteiger partial charge is 0.332 e. The van der Waals surface area contributed by atoms with Crippen molar-refractivity contribution in [1.82, 2.24) is 4.90 Å². The van der Waals surface area contributed by atoms with Gasteiger partial charge in [-0.2, -0.15) is 0 Å². The molecule has 1 N–H and O–H groups in total. The third-order valence-electron chi connectivity index (χ3n) is 3.29. The van der Waals surface area contributed by atoms with E-state index in [9.17, 15) is 19.7 Å². The molecule has 2 rings (SSSR count). The maximum atomic E-state index is 12.4. The van der Waals surface area contributed by atoms with E-state index < -0.39 is 16.7 Å². The van der Waals surface area contributed by atoms with Crippen LogP contribution >= 0.6 is 23.2 Å². The van der Waals surface area contributed by atoms with Gasteiger partial charge in [-0.1, -0.05) is 41.4 Å². The molecule has 130 valence electrons. The summed E-state index contributed by atoms with van der Waals surface area (Å²) in [7, 11) is 1.37. The van der Waals surface area contributed by atoms with Crippen LogP contribution in [0.2, 0.25) is 10.0 Å². The second kappa shape index (κ2) is 7.96. The van der Waals surface area contributed by atoms with Crippen molar-refractivity contribution in [2.45, 2.75) is 0 Å². The van der Waals surface area contributed by atoms with Gasteiger partial charge in [-0.3, -0.25) is 19.7 Å². The fourth-order valence-electron chi connectivity index (χ4n) is 2.10. The Balaban J connectivity index is 2.11. The van der Waals surface area contributed by atoms with Crippen LogP contribution in [0, 0.1) is 10.1 Å². The summed E-state index contributed by atoms with van der Waals surface area (Å²) in [6.45, 7) is -0.327. The van der Waals surface area contributed by atoms with Gasteiger partial charge in [-0.05, 0) is 18.2 Å². The third kappa shape index (κ3) is 4.46. The molecule has 0 aromatic heterocycles. The molecule has 0 saturated heterocycles. The molecule has 2 amide bonds. The number of halogens is 2. The Morgan fingerprint density at radius 2 is 1.72 bits per heavy atom. The van der Waals surface area contributed by atoms with Gasteiger partial charge in [-0.25, -0.2) is 0 Å². The van der Waals surface area contributed by atoms with Gasteiger partial charge in [0, 0.05) is 13.1 Å². The first kappa shape index (κ1) is 18.7. The second-order valence-electron chi connectivity index (χ2n) is 5.08. The number of carbonyl (C=O) groups excluding carboxylic acids is 2. The molecule has 2 aromatic rings. The molecule has 7 nitrogen and oxygen atoms in total. The highest BCUT2D eigenvalue weighted by molar-refractivity contribution is 6.39. The van der Waals surface area contributed by atoms with E-state index in [1.165, 1.54) is 31.3 Å². The van der Waals surface area contributed by atoms with Crippen LogP contribution in [0.1, 0.15) is 10.4 Å². The van der Waals surface area contributed by atoms with Gasteiger partial charge in [0.05, 0.1) is 27.2 Å². The third-order valence-corrected chi connectivity index (χ3v) is 3.92. The highest BCUT2D eigenvalue weighted by Crippen LogP contribution is 2.29. The number of nitrogens with zero attached hydrogens (tertiary/aromatic N) is 2. The Morgan fingerprint density at radius 3 is 2.32 bits per heavy atom. The molecule has 0 heterocycles. The van der Waals surface area contributed by atoms with Crippen molar-refractivity contribution < 1.29 is 14.5 Å². The molecule has 0 aliphatic carbocycles. The lowest BCUT2D eigenvalue weighted by molar-refractivity contribution is -0.385. The molecular weight excluding hydrogens is 369 g/mol. The monoisotopic (exact) mass is 381 g/mol. The minimum absolute atomic E-state index is 0.0985. The summed E-state index contributed by atoms with van der Waals surface area (Å²) >= 11 is 11.9. The minimum Gasteiger partial charge on any atom is -0.332 e. The molecule has 2 aromatic carbocycles. The molecule has 0 atom stereocenters. The Kier molecular flexibility index (Phi) is 5.95. The summed E-state index contributed by atoms with van der Waals surface area (Å²) in [6.07, 6.45) is 0. The molecule has 0 fully saturated rings. The van der Waals surface area contributed by atoms with Crippen LogP contribution in [0.3, 0.4) is 0 Å². The van der Waals surface area contributed by atoms with Crippen LogP contribution in [-0.2, 0) is 4.79 Å². The number of hydrogen-bond acceptors (Lipinski definition) is 4. The predicted molar refractivity (Wildman–Crippen MR) is 95.1 cm³/mol. The lowest BCUT2D eigenvalue weighted by Gasteiger charge is -2.17. The van der Waals surface area contributed by atoms with Crippen LogP contribution in [0.4, 0.5) is 11.4 Å². The summed E-state index contributed by atoms with van der Waals surface area (Å²) in [6, 6.07) is 10.3. The van der Waals surface area contributed by atoms with Crippen molar-refractivity contribution in [3.63, 3.8) is 0 Å². The highest BCUT2D eigenvalue weighted by atomic mass is 35.5. The van der Waals surface area contributed by atoms with E-state index in [1.54, 1.807) is 18.2 Å². The topological polar surface area (TPSA) is 92.6 Å². The van der Waals surface area contributed by atoms with Crippen molar-refractivity contribution in [3.05, 3.63) is 68.2 Å². The van der Waals surface area contributed by atoms with E-state index >= 15 is 0 Å². The van der Waals surface area contributed by atoms with Gasteiger partial charge in [-0.15, -0.1) is 0 Å². The van der Waals surface area contributed by atoms with Crippen molar-refractivity contribution in [3.8, 4) is 0 Å². The molecular formula is C16H13Cl2N3O4. The summed E-state index contributed by atoms with van der Waals surface area (Å²) in [5, 5.41) is 14.1. The number of nitro benzene ring substituents is 1. The maximum Gasteiger partial charge on any atom is 0.282 e. The van der Waals surface area contributed by atoms with Gasteiger partial charge in [0.1, 0.15) is 5.56 Å². The number of nitro groups is 1. The number of carbonyl (C=O) groups is 2. The Hall–Kier alpha value is -2.64. The van der Waals surface area contributed by atoms with Gasteiger partial charge >= 0.3 is 0 Å². The predicted octanol–water partition coefficient (Wildman–Crippen LogP) is 3.61.